The number of likely N-dealkylation sites (tertiary alicyclic amines) is 1. The first-order valence-electron chi connectivity index (χ1n) is 12.9. The maximum absolute atomic E-state index is 14.0. The van der Waals surface area contributed by atoms with Crippen molar-refractivity contribution >= 4 is 18.0 Å². The highest BCUT2D eigenvalue weighted by Crippen LogP contribution is 2.27. The van der Waals surface area contributed by atoms with Gasteiger partial charge in [0.25, 0.3) is 0 Å². The first-order chi connectivity index (χ1) is 19.2. The summed E-state index contributed by atoms with van der Waals surface area (Å²) in [5, 5.41) is 13.2. The van der Waals surface area contributed by atoms with Gasteiger partial charge >= 0.3 is 12.1 Å². The van der Waals surface area contributed by atoms with Crippen LogP contribution in [0.4, 0.5) is 22.4 Å². The smallest absolute Gasteiger partial charge is 0.415 e. The molecule has 1 unspecified atom stereocenters. The van der Waals surface area contributed by atoms with E-state index in [4.69, 9.17) is 14.2 Å². The van der Waals surface area contributed by atoms with Crippen molar-refractivity contribution in [3.63, 3.8) is 0 Å². The maximum Gasteiger partial charge on any atom is 0.415 e. The molecule has 13 heteroatoms. The Morgan fingerprint density at radius 3 is 2.32 bits per heavy atom. The van der Waals surface area contributed by atoms with Crippen LogP contribution >= 0.6 is 0 Å². The van der Waals surface area contributed by atoms with Crippen LogP contribution in [0.2, 0.25) is 0 Å². The van der Waals surface area contributed by atoms with Gasteiger partial charge in [0.1, 0.15) is 24.1 Å². The lowest BCUT2D eigenvalue weighted by Gasteiger charge is -2.33. The van der Waals surface area contributed by atoms with Gasteiger partial charge in [0.05, 0.1) is 18.4 Å². The monoisotopic (exact) mass is 584 g/mol. The molecular formula is C28H32F4N2O7. The highest BCUT2D eigenvalue weighted by molar-refractivity contribution is 5.81. The number of amides is 2. The van der Waals surface area contributed by atoms with Crippen LogP contribution < -0.4 is 14.8 Å². The third-order valence-corrected chi connectivity index (χ3v) is 6.07. The second-order valence-electron chi connectivity index (χ2n) is 10.5. The third kappa shape index (κ3) is 9.07. The first kappa shape index (κ1) is 31.7. The molecule has 1 fully saturated rings. The molecule has 1 saturated heterocycles. The average molecular weight is 585 g/mol. The van der Waals surface area contributed by atoms with Crippen LogP contribution in [0.25, 0.3) is 0 Å². The minimum absolute atomic E-state index is 0.00256. The summed E-state index contributed by atoms with van der Waals surface area (Å²) in [6, 6.07) is 6.98. The number of rotatable bonds is 9. The molecular weight excluding hydrogens is 552 g/mol. The van der Waals surface area contributed by atoms with E-state index >= 15 is 0 Å². The Balaban J connectivity index is 1.70. The van der Waals surface area contributed by atoms with Gasteiger partial charge in [0.15, 0.2) is 17.4 Å². The number of halogens is 4. The number of hydrogen-bond acceptors (Lipinski definition) is 7. The number of esters is 1. The Labute approximate surface area is 234 Å². The molecule has 1 heterocycles. The van der Waals surface area contributed by atoms with Gasteiger partial charge in [-0.25, -0.2) is 13.6 Å². The summed E-state index contributed by atoms with van der Waals surface area (Å²) in [5.74, 6) is -10.3. The number of aliphatic hydroxyl groups is 1. The molecule has 0 bridgehead atoms. The number of para-hydroxylation sites is 1. The molecule has 41 heavy (non-hydrogen) atoms. The summed E-state index contributed by atoms with van der Waals surface area (Å²) in [6.07, 6.45) is -2.14. The minimum atomic E-state index is -1.81. The van der Waals surface area contributed by atoms with E-state index in [1.54, 1.807) is 51.1 Å². The van der Waals surface area contributed by atoms with Crippen molar-refractivity contribution in [1.29, 1.82) is 0 Å². The molecule has 0 radical (unpaired) electrons. The van der Waals surface area contributed by atoms with Crippen molar-refractivity contribution < 1.29 is 51.3 Å². The van der Waals surface area contributed by atoms with Gasteiger partial charge in [0, 0.05) is 19.2 Å². The SMILES string of the molecule is CC(C)(C)OC(=O)C[C@H](NC(=O)[C@@H]1CCCN(C(=O)Oc2ccccc2)C1)C(O)COc1c(F)c(F)cc(F)c1F. The molecule has 2 N–H and O–H groups in total. The Morgan fingerprint density at radius 1 is 1.07 bits per heavy atom. The topological polar surface area (TPSA) is 114 Å². The number of hydrogen-bond donors (Lipinski definition) is 2. The minimum Gasteiger partial charge on any atom is -0.485 e. The van der Waals surface area contributed by atoms with E-state index in [2.05, 4.69) is 5.32 Å². The Morgan fingerprint density at radius 2 is 1.71 bits per heavy atom. The van der Waals surface area contributed by atoms with Crippen LogP contribution in [0.1, 0.15) is 40.0 Å². The zero-order chi connectivity index (χ0) is 30.3. The number of carbonyl (C=O) groups excluding carboxylic acids is 3. The molecule has 2 amide bonds. The van der Waals surface area contributed by atoms with Crippen LogP contribution in [-0.2, 0) is 14.3 Å². The standard InChI is InChI=1S/C28H32F4N2O7/c1-28(2,3)41-22(36)13-20(21(35)15-39-25-23(31)18(29)12-19(30)24(25)32)33-26(37)16-8-7-11-34(14-16)27(38)40-17-9-5-4-6-10-17/h4-6,9-10,12,16,20-21,35H,7-8,11,13-15H2,1-3H3,(H,33,37)/t16-,20+,21?/m1/s1. The van der Waals surface area contributed by atoms with Gasteiger partial charge in [-0.2, -0.15) is 8.78 Å². The van der Waals surface area contributed by atoms with Gasteiger partial charge in [-0.05, 0) is 45.7 Å². The summed E-state index contributed by atoms with van der Waals surface area (Å²) in [5.41, 5.74) is -0.901. The number of nitrogens with one attached hydrogen (secondary N) is 1. The first-order valence-corrected chi connectivity index (χ1v) is 12.9. The van der Waals surface area contributed by atoms with Gasteiger partial charge in [-0.1, -0.05) is 18.2 Å². The van der Waals surface area contributed by atoms with Gasteiger partial charge in [0.2, 0.25) is 17.5 Å². The highest BCUT2D eigenvalue weighted by Gasteiger charge is 2.34. The Bertz CT molecular complexity index is 1210. The van der Waals surface area contributed by atoms with Crippen molar-refractivity contribution in [3.8, 4) is 11.5 Å². The van der Waals surface area contributed by atoms with Crippen LogP contribution in [0.15, 0.2) is 36.4 Å². The van der Waals surface area contributed by atoms with Crippen LogP contribution in [0, 0.1) is 29.2 Å². The summed E-state index contributed by atoms with van der Waals surface area (Å²) in [4.78, 5) is 39.6. The molecule has 224 valence electrons. The predicted molar refractivity (Wildman–Crippen MR) is 137 cm³/mol. The highest BCUT2D eigenvalue weighted by atomic mass is 19.2. The van der Waals surface area contributed by atoms with E-state index in [0.717, 1.165) is 0 Å². The lowest BCUT2D eigenvalue weighted by molar-refractivity contribution is -0.156. The number of aliphatic hydroxyl groups excluding tert-OH is 1. The molecule has 1 aliphatic rings. The molecule has 2 aromatic carbocycles. The van der Waals surface area contributed by atoms with Crippen LogP contribution in [0.3, 0.4) is 0 Å². The average Bonchev–Trinajstić information content (AvgIpc) is 2.91. The van der Waals surface area contributed by atoms with Crippen molar-refractivity contribution in [2.45, 2.75) is 57.8 Å². The van der Waals surface area contributed by atoms with Gasteiger partial charge < -0.3 is 29.5 Å². The maximum atomic E-state index is 14.0. The molecule has 0 saturated carbocycles. The van der Waals surface area contributed by atoms with Crippen molar-refractivity contribution in [2.75, 3.05) is 19.7 Å². The third-order valence-electron chi connectivity index (χ3n) is 6.07. The van der Waals surface area contributed by atoms with Crippen molar-refractivity contribution in [1.82, 2.24) is 10.2 Å². The fraction of sp³-hybridized carbons (Fsp3) is 0.464. The predicted octanol–water partition coefficient (Wildman–Crippen LogP) is 4.11. The van der Waals surface area contributed by atoms with Crippen molar-refractivity contribution in [3.05, 3.63) is 59.7 Å². The van der Waals surface area contributed by atoms with E-state index in [-0.39, 0.29) is 12.6 Å². The molecule has 3 rings (SSSR count). The zero-order valence-electron chi connectivity index (χ0n) is 22.8. The van der Waals surface area contributed by atoms with E-state index in [1.807, 2.05) is 0 Å². The van der Waals surface area contributed by atoms with Gasteiger partial charge in [-0.3, -0.25) is 9.59 Å². The fourth-order valence-corrected chi connectivity index (χ4v) is 4.12. The molecule has 2 aromatic rings. The summed E-state index contributed by atoms with van der Waals surface area (Å²) < 4.78 is 70.5. The molecule has 0 spiro atoms. The second kappa shape index (κ2) is 13.7. The lowest BCUT2D eigenvalue weighted by atomic mass is 9.96. The Kier molecular flexibility index (Phi) is 10.5. The summed E-state index contributed by atoms with van der Waals surface area (Å²) in [6.45, 7) is 4.20. The van der Waals surface area contributed by atoms with E-state index in [1.165, 1.54) is 4.90 Å². The van der Waals surface area contributed by atoms with Crippen molar-refractivity contribution in [2.24, 2.45) is 5.92 Å². The second-order valence-corrected chi connectivity index (χ2v) is 10.5. The van der Waals surface area contributed by atoms with Gasteiger partial charge in [-0.15, -0.1) is 0 Å². The van der Waals surface area contributed by atoms with Crippen LogP contribution in [0.5, 0.6) is 11.5 Å². The zero-order valence-corrected chi connectivity index (χ0v) is 22.8. The summed E-state index contributed by atoms with van der Waals surface area (Å²) >= 11 is 0. The molecule has 3 atom stereocenters. The normalized spacial score (nSPS) is 16.9. The molecule has 0 aromatic heterocycles. The Hall–Kier alpha value is -3.87. The lowest BCUT2D eigenvalue weighted by Crippen LogP contribution is -2.52. The molecule has 1 aliphatic heterocycles. The quantitative estimate of drug-likeness (QED) is 0.259. The van der Waals surface area contributed by atoms with E-state index < -0.39 is 83.7 Å². The molecule has 0 aliphatic carbocycles. The number of nitrogens with zero attached hydrogens (tertiary/aromatic N) is 1. The van der Waals surface area contributed by atoms with E-state index in [9.17, 15) is 37.1 Å². The number of carbonyl (C=O) groups is 3. The molecule has 9 nitrogen and oxygen atoms in total. The van der Waals surface area contributed by atoms with Crippen LogP contribution in [-0.4, -0.2) is 65.4 Å². The number of ether oxygens (including phenoxy) is 3. The summed E-state index contributed by atoms with van der Waals surface area (Å²) in [7, 11) is 0. The fourth-order valence-electron chi connectivity index (χ4n) is 4.12. The largest absolute Gasteiger partial charge is 0.485 e. The number of piperidine rings is 1. The number of benzene rings is 2. The van der Waals surface area contributed by atoms with E-state index in [0.29, 0.717) is 25.1 Å².